The average molecular weight is 302 g/mol. The van der Waals surface area contributed by atoms with Crippen molar-refractivity contribution in [3.63, 3.8) is 0 Å². The summed E-state index contributed by atoms with van der Waals surface area (Å²) in [6, 6.07) is 0.462. The van der Waals surface area contributed by atoms with Crippen molar-refractivity contribution in [2.24, 2.45) is 0 Å². The summed E-state index contributed by atoms with van der Waals surface area (Å²) in [6.45, 7) is 3.62. The van der Waals surface area contributed by atoms with E-state index in [0.29, 0.717) is 25.8 Å². The molecule has 4 fully saturated rings. The van der Waals surface area contributed by atoms with Gasteiger partial charge in [-0.25, -0.2) is 0 Å². The molecule has 4 heterocycles. The van der Waals surface area contributed by atoms with Crippen LogP contribution in [-0.4, -0.2) is 79.8 Å². The lowest BCUT2D eigenvalue weighted by atomic mass is 9.97. The summed E-state index contributed by atoms with van der Waals surface area (Å²) in [4.78, 5) is 0. The number of piperidine rings is 1. The molecule has 0 saturated carbocycles. The molecule has 4 saturated heterocycles. The molecule has 5 atom stereocenters. The first-order chi connectivity index (χ1) is 10.3. The molecule has 0 aromatic carbocycles. The van der Waals surface area contributed by atoms with E-state index in [1.807, 2.05) is 0 Å². The number of rotatable bonds is 3. The molecule has 4 rings (SSSR count). The highest BCUT2D eigenvalue weighted by Crippen LogP contribution is 2.26. The molecule has 7 heteroatoms. The predicted octanol–water partition coefficient (Wildman–Crippen LogP) is -1.42. The number of hydrogen-bond acceptors (Lipinski definition) is 7. The zero-order chi connectivity index (χ0) is 14.7. The number of nitrogens with one attached hydrogen (secondary N) is 2. The highest BCUT2D eigenvalue weighted by Gasteiger charge is 2.46. The molecule has 21 heavy (non-hydrogen) atoms. The molecule has 0 spiro atoms. The minimum atomic E-state index is -1.05. The van der Waals surface area contributed by atoms with Crippen molar-refractivity contribution in [2.45, 2.75) is 56.0 Å². The van der Waals surface area contributed by atoms with Gasteiger partial charge in [0.2, 0.25) is 0 Å². The van der Waals surface area contributed by atoms with Crippen LogP contribution in [0.5, 0.6) is 0 Å². The lowest BCUT2D eigenvalue weighted by molar-refractivity contribution is -0.293. The maximum Gasteiger partial charge on any atom is 0.186 e. The molecular formula is C14H26N2O5. The lowest BCUT2D eigenvalue weighted by Crippen LogP contribution is -2.61. The van der Waals surface area contributed by atoms with E-state index < -0.39 is 24.6 Å². The van der Waals surface area contributed by atoms with Crippen LogP contribution in [-0.2, 0) is 14.2 Å². The highest BCUT2D eigenvalue weighted by molar-refractivity contribution is 4.92. The first kappa shape index (κ1) is 15.6. The van der Waals surface area contributed by atoms with E-state index in [1.165, 1.54) is 0 Å². The molecule has 0 radical (unpaired) electrons. The van der Waals surface area contributed by atoms with Gasteiger partial charge in [0.05, 0.1) is 6.61 Å². The Morgan fingerprint density at radius 1 is 1.05 bits per heavy atom. The maximum absolute atomic E-state index is 10.2. The quantitative estimate of drug-likeness (QED) is 0.508. The summed E-state index contributed by atoms with van der Waals surface area (Å²) < 4.78 is 17.0. The summed E-state index contributed by atoms with van der Waals surface area (Å²) in [6.07, 6.45) is -0.687. The third-order valence-corrected chi connectivity index (χ3v) is 4.47. The second-order valence-corrected chi connectivity index (χ2v) is 6.02. The Hall–Kier alpha value is -0.280. The Balaban J connectivity index is 1.60. The van der Waals surface area contributed by atoms with Crippen LogP contribution in [0.25, 0.3) is 0 Å². The molecule has 4 aliphatic rings. The number of ether oxygens (including phenoxy) is 3. The van der Waals surface area contributed by atoms with E-state index in [2.05, 4.69) is 10.6 Å². The molecule has 4 N–H and O–H groups in total. The molecule has 5 unspecified atom stereocenters. The van der Waals surface area contributed by atoms with Gasteiger partial charge in [-0.05, 0) is 32.4 Å². The monoisotopic (exact) mass is 302 g/mol. The van der Waals surface area contributed by atoms with Crippen LogP contribution in [0.1, 0.15) is 19.3 Å². The molecule has 122 valence electrons. The third kappa shape index (κ3) is 3.73. The zero-order valence-corrected chi connectivity index (χ0v) is 12.2. The van der Waals surface area contributed by atoms with Gasteiger partial charge in [-0.1, -0.05) is 0 Å². The zero-order valence-electron chi connectivity index (χ0n) is 12.2. The Labute approximate surface area is 124 Å². The van der Waals surface area contributed by atoms with E-state index in [1.54, 1.807) is 0 Å². The molecule has 7 nitrogen and oxygen atoms in total. The van der Waals surface area contributed by atoms with E-state index >= 15 is 0 Å². The van der Waals surface area contributed by atoms with Gasteiger partial charge < -0.3 is 35.1 Å². The fourth-order valence-electron chi connectivity index (χ4n) is 3.20. The second-order valence-electron chi connectivity index (χ2n) is 6.02. The van der Waals surface area contributed by atoms with Gasteiger partial charge in [0.15, 0.2) is 6.29 Å². The van der Waals surface area contributed by atoms with Gasteiger partial charge in [0.1, 0.15) is 24.4 Å². The molecular weight excluding hydrogens is 276 g/mol. The second kappa shape index (κ2) is 7.32. The Bertz CT molecular complexity index is 324. The van der Waals surface area contributed by atoms with Crippen LogP contribution in [0.3, 0.4) is 0 Å². The molecule has 0 aromatic rings. The fraction of sp³-hybridized carbons (Fsp3) is 1.00. The molecule has 0 aromatic heterocycles. The van der Waals surface area contributed by atoms with Crippen LogP contribution in [0, 0.1) is 0 Å². The van der Waals surface area contributed by atoms with Gasteiger partial charge in [0, 0.05) is 19.2 Å². The smallest absolute Gasteiger partial charge is 0.186 e. The average Bonchev–Trinajstić information content (AvgIpc) is 2.65. The Morgan fingerprint density at radius 2 is 1.81 bits per heavy atom. The molecule has 0 aliphatic carbocycles. The van der Waals surface area contributed by atoms with Gasteiger partial charge in [0.25, 0.3) is 0 Å². The summed E-state index contributed by atoms with van der Waals surface area (Å²) in [5, 5.41) is 27.1. The van der Waals surface area contributed by atoms with E-state index in [4.69, 9.17) is 14.2 Å². The van der Waals surface area contributed by atoms with Gasteiger partial charge >= 0.3 is 0 Å². The van der Waals surface area contributed by atoms with Crippen molar-refractivity contribution < 1.29 is 24.4 Å². The van der Waals surface area contributed by atoms with Crippen molar-refractivity contribution in [3.8, 4) is 0 Å². The molecule has 2 bridgehead atoms. The first-order valence-corrected chi connectivity index (χ1v) is 7.94. The minimum absolute atomic E-state index is 0.304. The summed E-state index contributed by atoms with van der Waals surface area (Å²) >= 11 is 0. The number of aliphatic hydroxyl groups is 2. The number of aliphatic hydroxyl groups excluding tert-OH is 2. The fourth-order valence-corrected chi connectivity index (χ4v) is 3.20. The van der Waals surface area contributed by atoms with Gasteiger partial charge in [-0.2, -0.15) is 0 Å². The predicted molar refractivity (Wildman–Crippen MR) is 74.9 cm³/mol. The summed E-state index contributed by atoms with van der Waals surface area (Å²) in [5.41, 5.74) is 0. The Kier molecular flexibility index (Phi) is 5.44. The van der Waals surface area contributed by atoms with Crippen LogP contribution >= 0.6 is 0 Å². The normalized spacial score (nSPS) is 42.3. The van der Waals surface area contributed by atoms with Crippen molar-refractivity contribution >= 4 is 0 Å². The van der Waals surface area contributed by atoms with Crippen molar-refractivity contribution in [3.05, 3.63) is 0 Å². The van der Waals surface area contributed by atoms with Gasteiger partial charge in [-0.15, -0.1) is 0 Å². The van der Waals surface area contributed by atoms with Crippen molar-refractivity contribution in [1.82, 2.24) is 10.6 Å². The minimum Gasteiger partial charge on any atom is -0.387 e. The first-order valence-electron chi connectivity index (χ1n) is 7.94. The third-order valence-electron chi connectivity index (χ3n) is 4.47. The van der Waals surface area contributed by atoms with Crippen molar-refractivity contribution in [1.29, 1.82) is 0 Å². The topological polar surface area (TPSA) is 92.2 Å². The van der Waals surface area contributed by atoms with Crippen LogP contribution in [0.2, 0.25) is 0 Å². The highest BCUT2D eigenvalue weighted by atomic mass is 16.7. The SMILES string of the molecule is OC1C2OCCCOC(C(CNC3CCNCC3)O2)C1O. The maximum atomic E-state index is 10.2. The largest absolute Gasteiger partial charge is 0.387 e. The van der Waals surface area contributed by atoms with Crippen molar-refractivity contribution in [2.75, 3.05) is 32.8 Å². The van der Waals surface area contributed by atoms with Crippen LogP contribution < -0.4 is 10.6 Å². The molecule has 4 aliphatic heterocycles. The van der Waals surface area contributed by atoms with E-state index in [-0.39, 0.29) is 6.10 Å². The van der Waals surface area contributed by atoms with Gasteiger partial charge in [-0.3, -0.25) is 0 Å². The number of hydrogen-bond donors (Lipinski definition) is 4. The van der Waals surface area contributed by atoms with E-state index in [9.17, 15) is 10.2 Å². The summed E-state index contributed by atoms with van der Waals surface area (Å²) in [5.74, 6) is 0. The molecule has 0 amide bonds. The summed E-state index contributed by atoms with van der Waals surface area (Å²) in [7, 11) is 0. The van der Waals surface area contributed by atoms with Crippen LogP contribution in [0.15, 0.2) is 0 Å². The van der Waals surface area contributed by atoms with Crippen LogP contribution in [0.4, 0.5) is 0 Å². The number of fused-ring (bicyclic) bond motifs is 6. The van der Waals surface area contributed by atoms with E-state index in [0.717, 1.165) is 32.4 Å². The lowest BCUT2D eigenvalue weighted by Gasteiger charge is -2.42. The standard InChI is InChI=1S/C14H26N2O5/c17-11-12(18)14-20-7-1-6-19-13(11)10(21-14)8-16-9-2-4-15-5-3-9/h9-18H,1-8H2. The Morgan fingerprint density at radius 3 is 2.62 bits per heavy atom.